The Morgan fingerprint density at radius 2 is 1.66 bits per heavy atom. The van der Waals surface area contributed by atoms with Crippen molar-refractivity contribution in [2.45, 2.75) is 62.2 Å². The van der Waals surface area contributed by atoms with Gasteiger partial charge in [-0.05, 0) is 56.2 Å². The Morgan fingerprint density at radius 3 is 2.28 bits per heavy atom. The standard InChI is InChI=1S/C22H25F3N2O4S/c1-15(21(28)26-16-7-3-2-4-8-16)31-17-11-13-18(14-12-17)32(29,30)27-20-10-6-5-9-19(20)22(23,24)25/h5-6,9-16,27H,2-4,7-8H2,1H3,(H,26,28)/t15-/m0/s1. The van der Waals surface area contributed by atoms with Crippen molar-refractivity contribution in [3.05, 3.63) is 54.1 Å². The molecule has 2 aromatic rings. The number of alkyl halides is 3. The maximum absolute atomic E-state index is 13.1. The minimum absolute atomic E-state index is 0.139. The first-order valence-corrected chi connectivity index (χ1v) is 11.8. The molecule has 0 heterocycles. The number of benzene rings is 2. The molecule has 0 aliphatic heterocycles. The summed E-state index contributed by atoms with van der Waals surface area (Å²) in [4.78, 5) is 12.1. The van der Waals surface area contributed by atoms with Crippen LogP contribution in [0.4, 0.5) is 18.9 Å². The van der Waals surface area contributed by atoms with Gasteiger partial charge < -0.3 is 10.1 Å². The largest absolute Gasteiger partial charge is 0.481 e. The lowest BCUT2D eigenvalue weighted by Crippen LogP contribution is -2.43. The zero-order valence-electron chi connectivity index (χ0n) is 17.5. The van der Waals surface area contributed by atoms with Crippen LogP contribution in [0, 0.1) is 0 Å². The second kappa shape index (κ2) is 9.81. The van der Waals surface area contributed by atoms with Crippen molar-refractivity contribution >= 4 is 21.6 Å². The van der Waals surface area contributed by atoms with Crippen LogP contribution in [-0.2, 0) is 21.0 Å². The monoisotopic (exact) mass is 470 g/mol. The van der Waals surface area contributed by atoms with Crippen LogP contribution in [0.2, 0.25) is 0 Å². The lowest BCUT2D eigenvalue weighted by Gasteiger charge is -2.24. The van der Waals surface area contributed by atoms with Gasteiger partial charge in [0.05, 0.1) is 16.1 Å². The quantitative estimate of drug-likeness (QED) is 0.613. The van der Waals surface area contributed by atoms with Gasteiger partial charge in [-0.2, -0.15) is 13.2 Å². The minimum Gasteiger partial charge on any atom is -0.481 e. The maximum Gasteiger partial charge on any atom is 0.418 e. The van der Waals surface area contributed by atoms with Crippen molar-refractivity contribution in [1.29, 1.82) is 0 Å². The average molecular weight is 471 g/mol. The molecule has 0 aromatic heterocycles. The van der Waals surface area contributed by atoms with Crippen LogP contribution >= 0.6 is 0 Å². The van der Waals surface area contributed by atoms with Crippen molar-refractivity contribution < 1.29 is 31.1 Å². The van der Waals surface area contributed by atoms with Crippen molar-refractivity contribution in [1.82, 2.24) is 5.32 Å². The van der Waals surface area contributed by atoms with E-state index >= 15 is 0 Å². The van der Waals surface area contributed by atoms with Crippen LogP contribution in [-0.4, -0.2) is 26.5 Å². The van der Waals surface area contributed by atoms with Crippen LogP contribution < -0.4 is 14.8 Å². The Kier molecular flexibility index (Phi) is 7.33. The van der Waals surface area contributed by atoms with E-state index in [2.05, 4.69) is 5.32 Å². The summed E-state index contributed by atoms with van der Waals surface area (Å²) in [6.07, 6.45) is -0.272. The van der Waals surface area contributed by atoms with E-state index in [0.29, 0.717) is 0 Å². The van der Waals surface area contributed by atoms with Gasteiger partial charge in [0.1, 0.15) is 5.75 Å². The number of hydrogen-bond donors (Lipinski definition) is 2. The SMILES string of the molecule is C[C@H](Oc1ccc(S(=O)(=O)Nc2ccccc2C(F)(F)F)cc1)C(=O)NC1CCCCC1. The first-order chi connectivity index (χ1) is 15.1. The third kappa shape index (κ3) is 6.15. The van der Waals surface area contributed by atoms with E-state index in [1.165, 1.54) is 42.8 Å². The van der Waals surface area contributed by atoms with Crippen LogP contribution in [0.1, 0.15) is 44.6 Å². The van der Waals surface area contributed by atoms with Gasteiger partial charge in [0, 0.05) is 6.04 Å². The average Bonchev–Trinajstić information content (AvgIpc) is 2.74. The molecular weight excluding hydrogens is 445 g/mol. The van der Waals surface area contributed by atoms with E-state index in [0.717, 1.165) is 37.8 Å². The number of nitrogens with one attached hydrogen (secondary N) is 2. The predicted octanol–water partition coefficient (Wildman–Crippen LogP) is 4.72. The zero-order valence-corrected chi connectivity index (χ0v) is 18.3. The highest BCUT2D eigenvalue weighted by Crippen LogP contribution is 2.35. The second-order valence-corrected chi connectivity index (χ2v) is 9.41. The van der Waals surface area contributed by atoms with Crippen LogP contribution in [0.25, 0.3) is 0 Å². The van der Waals surface area contributed by atoms with Crippen LogP contribution in [0.5, 0.6) is 5.75 Å². The molecule has 6 nitrogen and oxygen atoms in total. The Morgan fingerprint density at radius 1 is 1.03 bits per heavy atom. The van der Waals surface area contributed by atoms with Crippen molar-refractivity contribution in [3.63, 3.8) is 0 Å². The fraction of sp³-hybridized carbons (Fsp3) is 0.409. The summed E-state index contributed by atoms with van der Waals surface area (Å²) in [5.74, 6) is 0.0185. The number of carbonyl (C=O) groups is 1. The number of sulfonamides is 1. The van der Waals surface area contributed by atoms with Gasteiger partial charge in [0.25, 0.3) is 15.9 Å². The molecule has 1 amide bonds. The van der Waals surface area contributed by atoms with Crippen molar-refractivity contribution in [3.8, 4) is 5.75 Å². The number of ether oxygens (including phenoxy) is 1. The highest BCUT2D eigenvalue weighted by molar-refractivity contribution is 7.92. The van der Waals surface area contributed by atoms with E-state index in [9.17, 15) is 26.4 Å². The summed E-state index contributed by atoms with van der Waals surface area (Å²) in [5.41, 5.74) is -1.64. The fourth-order valence-corrected chi connectivity index (χ4v) is 4.62. The maximum atomic E-state index is 13.1. The molecular formula is C22H25F3N2O4S. The van der Waals surface area contributed by atoms with E-state index in [1.807, 2.05) is 4.72 Å². The van der Waals surface area contributed by atoms with E-state index in [1.54, 1.807) is 6.92 Å². The molecule has 2 N–H and O–H groups in total. The Bertz CT molecular complexity index is 1030. The van der Waals surface area contributed by atoms with Gasteiger partial charge in [-0.1, -0.05) is 31.4 Å². The Balaban J connectivity index is 1.65. The topological polar surface area (TPSA) is 84.5 Å². The number of anilines is 1. The highest BCUT2D eigenvalue weighted by Gasteiger charge is 2.34. The molecule has 0 radical (unpaired) electrons. The summed E-state index contributed by atoms with van der Waals surface area (Å²) < 4.78 is 72.1. The molecule has 0 bridgehead atoms. The van der Waals surface area contributed by atoms with Gasteiger partial charge in [0.15, 0.2) is 6.10 Å². The van der Waals surface area contributed by atoms with Gasteiger partial charge in [-0.3, -0.25) is 9.52 Å². The summed E-state index contributed by atoms with van der Waals surface area (Å²) in [6, 6.07) is 9.60. The molecule has 174 valence electrons. The highest BCUT2D eigenvalue weighted by atomic mass is 32.2. The van der Waals surface area contributed by atoms with Crippen molar-refractivity contribution in [2.75, 3.05) is 4.72 Å². The first kappa shape index (κ1) is 23.9. The molecule has 1 fully saturated rings. The van der Waals surface area contributed by atoms with Crippen molar-refractivity contribution in [2.24, 2.45) is 0 Å². The number of hydrogen-bond acceptors (Lipinski definition) is 4. The lowest BCUT2D eigenvalue weighted by molar-refractivity contribution is -0.137. The Hall–Kier alpha value is -2.75. The molecule has 0 spiro atoms. The summed E-state index contributed by atoms with van der Waals surface area (Å²) in [7, 11) is -4.26. The number of para-hydroxylation sites is 1. The Labute approximate surface area is 185 Å². The van der Waals surface area contributed by atoms with Gasteiger partial charge in [-0.25, -0.2) is 8.42 Å². The van der Waals surface area contributed by atoms with Crippen LogP contribution in [0.15, 0.2) is 53.4 Å². The van der Waals surface area contributed by atoms with Crippen LogP contribution in [0.3, 0.4) is 0 Å². The molecule has 1 atom stereocenters. The number of halogens is 3. The summed E-state index contributed by atoms with van der Waals surface area (Å²) >= 11 is 0. The number of carbonyl (C=O) groups excluding carboxylic acids is 1. The molecule has 1 aliphatic rings. The van der Waals surface area contributed by atoms with E-state index in [-0.39, 0.29) is 22.6 Å². The van der Waals surface area contributed by atoms with Gasteiger partial charge in [0.2, 0.25) is 0 Å². The predicted molar refractivity (Wildman–Crippen MR) is 114 cm³/mol. The molecule has 10 heteroatoms. The molecule has 32 heavy (non-hydrogen) atoms. The number of amides is 1. The molecule has 2 aromatic carbocycles. The molecule has 1 saturated carbocycles. The molecule has 0 saturated heterocycles. The fourth-order valence-electron chi connectivity index (χ4n) is 3.54. The number of rotatable bonds is 7. The molecule has 1 aliphatic carbocycles. The van der Waals surface area contributed by atoms with Gasteiger partial charge >= 0.3 is 6.18 Å². The molecule has 3 rings (SSSR count). The van der Waals surface area contributed by atoms with E-state index in [4.69, 9.17) is 4.74 Å². The smallest absolute Gasteiger partial charge is 0.418 e. The minimum atomic E-state index is -4.70. The van der Waals surface area contributed by atoms with Gasteiger partial charge in [-0.15, -0.1) is 0 Å². The summed E-state index contributed by atoms with van der Waals surface area (Å²) in [6.45, 7) is 1.60. The summed E-state index contributed by atoms with van der Waals surface area (Å²) in [5, 5.41) is 2.96. The lowest BCUT2D eigenvalue weighted by atomic mass is 9.95. The second-order valence-electron chi connectivity index (χ2n) is 7.72. The first-order valence-electron chi connectivity index (χ1n) is 10.3. The van der Waals surface area contributed by atoms with E-state index < -0.39 is 33.6 Å². The normalized spacial score (nSPS) is 16.2. The third-order valence-electron chi connectivity index (χ3n) is 5.24. The zero-order chi connectivity index (χ0) is 23.4. The molecule has 0 unspecified atom stereocenters. The third-order valence-corrected chi connectivity index (χ3v) is 6.63.